The summed E-state index contributed by atoms with van der Waals surface area (Å²) in [7, 11) is 0. The largest absolute Gasteiger partial charge is 0.481 e. The average molecular weight is 299 g/mol. The second-order valence-electron chi connectivity index (χ2n) is 5.34. The Labute approximate surface area is 128 Å². The number of aliphatic carboxylic acids is 1. The molecule has 0 radical (unpaired) electrons. The van der Waals surface area contributed by atoms with Crippen molar-refractivity contribution in [1.82, 2.24) is 14.9 Å². The first-order valence-corrected chi connectivity index (χ1v) is 7.20. The van der Waals surface area contributed by atoms with Gasteiger partial charge in [0.25, 0.3) is 0 Å². The monoisotopic (exact) mass is 299 g/mol. The molecule has 0 saturated carbocycles. The van der Waals surface area contributed by atoms with Crippen LogP contribution >= 0.6 is 0 Å². The van der Waals surface area contributed by atoms with Crippen LogP contribution in [0.15, 0.2) is 42.7 Å². The lowest BCUT2D eigenvalue weighted by molar-refractivity contribution is -0.141. The van der Waals surface area contributed by atoms with E-state index < -0.39 is 5.97 Å². The van der Waals surface area contributed by atoms with Crippen LogP contribution in [0.4, 0.5) is 0 Å². The summed E-state index contributed by atoms with van der Waals surface area (Å²) in [4.78, 5) is 21.2. The van der Waals surface area contributed by atoms with E-state index in [0.29, 0.717) is 24.7 Å². The molecule has 0 aliphatic carbocycles. The molecule has 1 aliphatic heterocycles. The number of benzene rings is 1. The van der Waals surface area contributed by atoms with E-state index in [1.54, 1.807) is 18.5 Å². The van der Waals surface area contributed by atoms with Crippen molar-refractivity contribution < 1.29 is 14.6 Å². The molecule has 1 fully saturated rings. The smallest absolute Gasteiger partial charge is 0.321 e. The molecule has 2 heterocycles. The van der Waals surface area contributed by atoms with E-state index in [-0.39, 0.29) is 5.92 Å². The molecule has 1 aliphatic rings. The summed E-state index contributed by atoms with van der Waals surface area (Å²) in [6.07, 6.45) is 3.97. The van der Waals surface area contributed by atoms with E-state index in [1.807, 2.05) is 24.3 Å². The van der Waals surface area contributed by atoms with Gasteiger partial charge in [-0.05, 0) is 36.7 Å². The summed E-state index contributed by atoms with van der Waals surface area (Å²) < 4.78 is 5.61. The van der Waals surface area contributed by atoms with Crippen molar-refractivity contribution in [2.24, 2.45) is 5.92 Å². The third kappa shape index (κ3) is 3.59. The molecule has 0 bridgehead atoms. The Morgan fingerprint density at radius 1 is 1.32 bits per heavy atom. The van der Waals surface area contributed by atoms with Gasteiger partial charge in [-0.25, -0.2) is 9.97 Å². The van der Waals surface area contributed by atoms with Gasteiger partial charge in [0.2, 0.25) is 0 Å². The highest BCUT2D eigenvalue weighted by Crippen LogP contribution is 2.22. The van der Waals surface area contributed by atoms with Crippen LogP contribution in [-0.4, -0.2) is 39.0 Å². The molecule has 0 spiro atoms. The first-order chi connectivity index (χ1) is 10.7. The quantitative estimate of drug-likeness (QED) is 0.912. The zero-order valence-electron chi connectivity index (χ0n) is 12.1. The van der Waals surface area contributed by atoms with E-state index in [0.717, 1.165) is 18.7 Å². The number of carboxylic acid groups (broad SMARTS) is 1. The topological polar surface area (TPSA) is 75.5 Å². The molecule has 0 amide bonds. The zero-order chi connectivity index (χ0) is 15.4. The Kier molecular flexibility index (Phi) is 4.29. The maximum Gasteiger partial charge on any atom is 0.321 e. The van der Waals surface area contributed by atoms with Gasteiger partial charge in [-0.2, -0.15) is 0 Å². The number of aromatic nitrogens is 2. The third-order valence-electron chi connectivity index (χ3n) is 3.68. The zero-order valence-corrected chi connectivity index (χ0v) is 12.1. The molecule has 1 atom stereocenters. The summed E-state index contributed by atoms with van der Waals surface area (Å²) in [6, 6.07) is 9.75. The Morgan fingerprint density at radius 3 is 2.86 bits per heavy atom. The maximum atomic E-state index is 11.0. The van der Waals surface area contributed by atoms with Crippen molar-refractivity contribution in [2.75, 3.05) is 13.1 Å². The third-order valence-corrected chi connectivity index (χ3v) is 3.68. The van der Waals surface area contributed by atoms with Crippen LogP contribution in [-0.2, 0) is 11.3 Å². The molecule has 6 nitrogen and oxygen atoms in total. The van der Waals surface area contributed by atoms with Gasteiger partial charge >= 0.3 is 12.0 Å². The van der Waals surface area contributed by atoms with Gasteiger partial charge in [-0.1, -0.05) is 12.1 Å². The van der Waals surface area contributed by atoms with Gasteiger partial charge in [0.15, 0.2) is 0 Å². The summed E-state index contributed by atoms with van der Waals surface area (Å²) in [5.41, 5.74) is 1.08. The summed E-state index contributed by atoms with van der Waals surface area (Å²) in [6.45, 7) is 2.13. The van der Waals surface area contributed by atoms with Crippen LogP contribution in [0, 0.1) is 5.92 Å². The molecule has 3 rings (SSSR count). The second kappa shape index (κ2) is 6.53. The standard InChI is InChI=1S/C16H17N3O3/c20-15(21)13-5-8-19(11-13)10-12-3-1-4-14(9-12)22-16-17-6-2-7-18-16/h1-4,6-7,9,13H,5,8,10-11H2,(H,20,21). The minimum Gasteiger partial charge on any atom is -0.481 e. The molecule has 6 heteroatoms. The van der Waals surface area contributed by atoms with Crippen LogP contribution in [0.3, 0.4) is 0 Å². The number of hydrogen-bond donors (Lipinski definition) is 1. The van der Waals surface area contributed by atoms with Crippen LogP contribution in [0.25, 0.3) is 0 Å². The fraction of sp³-hybridized carbons (Fsp3) is 0.312. The van der Waals surface area contributed by atoms with Crippen molar-refractivity contribution in [1.29, 1.82) is 0 Å². The Balaban J connectivity index is 1.63. The number of ether oxygens (including phenoxy) is 1. The molecule has 1 aromatic carbocycles. The van der Waals surface area contributed by atoms with Crippen molar-refractivity contribution in [3.8, 4) is 11.8 Å². The predicted octanol–water partition coefficient (Wildman–Crippen LogP) is 2.18. The number of carboxylic acids is 1. The number of nitrogens with zero attached hydrogens (tertiary/aromatic N) is 3. The molecule has 1 unspecified atom stereocenters. The molecular formula is C16H17N3O3. The van der Waals surface area contributed by atoms with Crippen molar-refractivity contribution in [2.45, 2.75) is 13.0 Å². The van der Waals surface area contributed by atoms with Crippen molar-refractivity contribution in [3.63, 3.8) is 0 Å². The molecule has 1 saturated heterocycles. The van der Waals surface area contributed by atoms with E-state index in [9.17, 15) is 4.79 Å². The predicted molar refractivity (Wildman–Crippen MR) is 79.6 cm³/mol. The normalized spacial score (nSPS) is 18.3. The van der Waals surface area contributed by atoms with Crippen LogP contribution < -0.4 is 4.74 Å². The molecule has 114 valence electrons. The van der Waals surface area contributed by atoms with Gasteiger partial charge in [0.05, 0.1) is 5.92 Å². The maximum absolute atomic E-state index is 11.0. The van der Waals surface area contributed by atoms with Gasteiger partial charge < -0.3 is 9.84 Å². The first kappa shape index (κ1) is 14.5. The lowest BCUT2D eigenvalue weighted by atomic mass is 10.1. The molecule has 1 N–H and O–H groups in total. The lowest BCUT2D eigenvalue weighted by Crippen LogP contribution is -2.22. The van der Waals surface area contributed by atoms with Gasteiger partial charge in [-0.15, -0.1) is 0 Å². The van der Waals surface area contributed by atoms with Gasteiger partial charge in [0.1, 0.15) is 5.75 Å². The molecular weight excluding hydrogens is 282 g/mol. The van der Waals surface area contributed by atoms with E-state index in [4.69, 9.17) is 9.84 Å². The van der Waals surface area contributed by atoms with Gasteiger partial charge in [-0.3, -0.25) is 9.69 Å². The number of likely N-dealkylation sites (tertiary alicyclic amines) is 1. The van der Waals surface area contributed by atoms with Crippen LogP contribution in [0.2, 0.25) is 0 Å². The van der Waals surface area contributed by atoms with Crippen LogP contribution in [0.1, 0.15) is 12.0 Å². The van der Waals surface area contributed by atoms with E-state index in [2.05, 4.69) is 14.9 Å². The fourth-order valence-corrected chi connectivity index (χ4v) is 2.59. The minimum atomic E-state index is -0.708. The SMILES string of the molecule is O=C(O)C1CCN(Cc2cccc(Oc3ncccn3)c2)C1. The highest BCUT2D eigenvalue weighted by Gasteiger charge is 2.27. The summed E-state index contributed by atoms with van der Waals surface area (Å²) in [5, 5.41) is 9.04. The Morgan fingerprint density at radius 2 is 2.14 bits per heavy atom. The van der Waals surface area contributed by atoms with Crippen molar-refractivity contribution >= 4 is 5.97 Å². The fourth-order valence-electron chi connectivity index (χ4n) is 2.59. The highest BCUT2D eigenvalue weighted by molar-refractivity contribution is 5.70. The second-order valence-corrected chi connectivity index (χ2v) is 5.34. The molecule has 22 heavy (non-hydrogen) atoms. The minimum absolute atomic E-state index is 0.253. The first-order valence-electron chi connectivity index (χ1n) is 7.20. The molecule has 2 aromatic rings. The van der Waals surface area contributed by atoms with Crippen molar-refractivity contribution in [3.05, 3.63) is 48.3 Å². The van der Waals surface area contributed by atoms with E-state index in [1.165, 1.54) is 0 Å². The number of hydrogen-bond acceptors (Lipinski definition) is 5. The number of rotatable bonds is 5. The van der Waals surface area contributed by atoms with E-state index >= 15 is 0 Å². The highest BCUT2D eigenvalue weighted by atomic mass is 16.5. The van der Waals surface area contributed by atoms with Gasteiger partial charge in [0, 0.05) is 25.5 Å². The Hall–Kier alpha value is -2.47. The summed E-state index contributed by atoms with van der Waals surface area (Å²) in [5.74, 6) is -0.282. The summed E-state index contributed by atoms with van der Waals surface area (Å²) >= 11 is 0. The number of carbonyl (C=O) groups is 1. The van der Waals surface area contributed by atoms with Crippen LogP contribution in [0.5, 0.6) is 11.8 Å². The average Bonchev–Trinajstić information content (AvgIpc) is 2.97. The molecule has 1 aromatic heterocycles. The Bertz CT molecular complexity index is 648. The lowest BCUT2D eigenvalue weighted by Gasteiger charge is -2.15.